The van der Waals surface area contributed by atoms with Crippen molar-refractivity contribution in [3.63, 3.8) is 0 Å². The van der Waals surface area contributed by atoms with Gasteiger partial charge in [0.2, 0.25) is 5.82 Å². The Hall–Kier alpha value is -2.69. The van der Waals surface area contributed by atoms with E-state index in [1.165, 1.54) is 12.7 Å². The third-order valence-electron chi connectivity index (χ3n) is 2.45. The fourth-order valence-electron chi connectivity index (χ4n) is 1.58. The van der Waals surface area contributed by atoms with Crippen LogP contribution in [0.2, 0.25) is 0 Å². The molecule has 3 rings (SSSR count). The van der Waals surface area contributed by atoms with Crippen molar-refractivity contribution in [1.82, 2.24) is 24.9 Å². The lowest BCUT2D eigenvalue weighted by Crippen LogP contribution is -1.95. The Morgan fingerprint density at radius 1 is 0.611 bits per heavy atom. The van der Waals surface area contributed by atoms with Crippen LogP contribution in [-0.2, 0) is 0 Å². The molecule has 0 aliphatic heterocycles. The van der Waals surface area contributed by atoms with E-state index < -0.39 is 0 Å². The van der Waals surface area contributed by atoms with Crippen LogP contribution in [0.1, 0.15) is 0 Å². The lowest BCUT2D eigenvalue weighted by molar-refractivity contribution is 1.02. The van der Waals surface area contributed by atoms with Crippen LogP contribution in [0.25, 0.3) is 22.8 Å². The predicted molar refractivity (Wildman–Crippen MR) is 66.3 cm³/mol. The average molecular weight is 235 g/mol. The molecule has 0 atom stereocenters. The van der Waals surface area contributed by atoms with E-state index in [-0.39, 0.29) is 0 Å². The van der Waals surface area contributed by atoms with Gasteiger partial charge in [0.25, 0.3) is 0 Å². The summed E-state index contributed by atoms with van der Waals surface area (Å²) in [6.45, 7) is 0. The largest absolute Gasteiger partial charge is 0.233 e. The van der Waals surface area contributed by atoms with E-state index in [1.54, 1.807) is 12.4 Å². The lowest BCUT2D eigenvalue weighted by Gasteiger charge is -2.01. The van der Waals surface area contributed by atoms with Crippen LogP contribution in [0.4, 0.5) is 0 Å². The normalized spacial score (nSPS) is 10.2. The summed E-state index contributed by atoms with van der Waals surface area (Å²) in [5.41, 5.74) is 2.05. The summed E-state index contributed by atoms with van der Waals surface area (Å²) in [6.07, 6.45) is 6.39. The van der Waals surface area contributed by atoms with Gasteiger partial charge in [0.1, 0.15) is 12.7 Å². The van der Waals surface area contributed by atoms with E-state index in [0.717, 1.165) is 11.1 Å². The number of nitrogens with zero attached hydrogens (tertiary/aromatic N) is 5. The van der Waals surface area contributed by atoms with Crippen LogP contribution >= 0.6 is 0 Å². The minimum absolute atomic E-state index is 0.476. The highest BCUT2D eigenvalue weighted by Crippen LogP contribution is 2.17. The Balaban J connectivity index is 1.95. The highest BCUT2D eigenvalue weighted by molar-refractivity contribution is 5.62. The number of hydrogen-bond donors (Lipinski definition) is 0. The highest BCUT2D eigenvalue weighted by Gasteiger charge is 2.04. The topological polar surface area (TPSA) is 64.5 Å². The van der Waals surface area contributed by atoms with E-state index in [4.69, 9.17) is 0 Å². The zero-order chi connectivity index (χ0) is 12.2. The SMILES string of the molecule is c1ccc(-c2cnc(-c3ncncn3)nc2)cc1. The number of benzene rings is 1. The van der Waals surface area contributed by atoms with Gasteiger partial charge in [0.15, 0.2) is 5.82 Å². The van der Waals surface area contributed by atoms with Gasteiger partial charge >= 0.3 is 0 Å². The molecule has 0 aliphatic rings. The van der Waals surface area contributed by atoms with E-state index in [0.29, 0.717) is 11.6 Å². The molecule has 2 aromatic heterocycles. The van der Waals surface area contributed by atoms with Crippen molar-refractivity contribution < 1.29 is 0 Å². The quantitative estimate of drug-likeness (QED) is 0.679. The van der Waals surface area contributed by atoms with Crippen LogP contribution < -0.4 is 0 Å². The molecule has 0 saturated heterocycles. The predicted octanol–water partition coefficient (Wildman–Crippen LogP) is 2.00. The molecule has 86 valence electrons. The molecular weight excluding hydrogens is 226 g/mol. The minimum atomic E-state index is 0.476. The molecule has 0 bridgehead atoms. The second-order valence-electron chi connectivity index (χ2n) is 3.62. The lowest BCUT2D eigenvalue weighted by atomic mass is 10.1. The summed E-state index contributed by atoms with van der Waals surface area (Å²) in [4.78, 5) is 20.3. The molecule has 18 heavy (non-hydrogen) atoms. The Bertz CT molecular complexity index is 564. The van der Waals surface area contributed by atoms with Gasteiger partial charge < -0.3 is 0 Å². The first-order valence-electron chi connectivity index (χ1n) is 5.43. The van der Waals surface area contributed by atoms with Crippen molar-refractivity contribution in [3.05, 3.63) is 55.4 Å². The molecule has 3 aromatic rings. The molecular formula is C13H9N5. The molecule has 0 aliphatic carbocycles. The summed E-state index contributed by atoms with van der Waals surface area (Å²) < 4.78 is 0. The van der Waals surface area contributed by atoms with E-state index >= 15 is 0 Å². The molecule has 1 aromatic carbocycles. The molecule has 5 heteroatoms. The van der Waals surface area contributed by atoms with Gasteiger partial charge in [-0.3, -0.25) is 0 Å². The molecule has 0 unspecified atom stereocenters. The second kappa shape index (κ2) is 4.67. The van der Waals surface area contributed by atoms with Gasteiger partial charge in [-0.2, -0.15) is 0 Å². The van der Waals surface area contributed by atoms with Gasteiger partial charge in [-0.15, -0.1) is 0 Å². The Kier molecular flexibility index (Phi) is 2.71. The monoisotopic (exact) mass is 235 g/mol. The fraction of sp³-hybridized carbons (Fsp3) is 0. The zero-order valence-corrected chi connectivity index (χ0v) is 9.43. The second-order valence-corrected chi connectivity index (χ2v) is 3.62. The van der Waals surface area contributed by atoms with E-state index in [9.17, 15) is 0 Å². The van der Waals surface area contributed by atoms with Crippen molar-refractivity contribution in [2.75, 3.05) is 0 Å². The van der Waals surface area contributed by atoms with Crippen LogP contribution in [0.5, 0.6) is 0 Å². The maximum Gasteiger partial charge on any atom is 0.200 e. The van der Waals surface area contributed by atoms with Gasteiger partial charge in [-0.05, 0) is 5.56 Å². The fourth-order valence-corrected chi connectivity index (χ4v) is 1.58. The molecule has 0 radical (unpaired) electrons. The average Bonchev–Trinajstić information content (AvgIpc) is 2.49. The number of rotatable bonds is 2. The van der Waals surface area contributed by atoms with Crippen molar-refractivity contribution in [2.24, 2.45) is 0 Å². The smallest absolute Gasteiger partial charge is 0.200 e. The summed E-state index contributed by atoms with van der Waals surface area (Å²) in [5, 5.41) is 0. The Morgan fingerprint density at radius 3 is 1.89 bits per heavy atom. The molecule has 0 N–H and O–H groups in total. The maximum atomic E-state index is 4.26. The van der Waals surface area contributed by atoms with Crippen molar-refractivity contribution in [2.45, 2.75) is 0 Å². The zero-order valence-electron chi connectivity index (χ0n) is 9.43. The van der Waals surface area contributed by atoms with Crippen LogP contribution in [-0.4, -0.2) is 24.9 Å². The van der Waals surface area contributed by atoms with Crippen LogP contribution in [0, 0.1) is 0 Å². The van der Waals surface area contributed by atoms with Gasteiger partial charge in [-0.1, -0.05) is 30.3 Å². The summed E-state index contributed by atoms with van der Waals surface area (Å²) >= 11 is 0. The van der Waals surface area contributed by atoms with Crippen molar-refractivity contribution >= 4 is 0 Å². The maximum absolute atomic E-state index is 4.26. The minimum Gasteiger partial charge on any atom is -0.233 e. The first kappa shape index (κ1) is 10.5. The number of aromatic nitrogens is 5. The molecule has 0 saturated carbocycles. The highest BCUT2D eigenvalue weighted by atomic mass is 15.0. The van der Waals surface area contributed by atoms with Crippen molar-refractivity contribution in [3.8, 4) is 22.8 Å². The Labute approximate surface area is 104 Å². The van der Waals surface area contributed by atoms with Crippen LogP contribution in [0.15, 0.2) is 55.4 Å². The Morgan fingerprint density at radius 2 is 1.22 bits per heavy atom. The summed E-state index contributed by atoms with van der Waals surface area (Å²) in [5.74, 6) is 0.974. The van der Waals surface area contributed by atoms with E-state index in [1.807, 2.05) is 30.3 Å². The van der Waals surface area contributed by atoms with Gasteiger partial charge in [-0.25, -0.2) is 24.9 Å². The number of hydrogen-bond acceptors (Lipinski definition) is 5. The standard InChI is InChI=1S/C13H9N5/c1-2-4-10(5-3-1)11-6-15-12(16-7-11)13-17-8-14-9-18-13/h1-9H. The van der Waals surface area contributed by atoms with Crippen molar-refractivity contribution in [1.29, 1.82) is 0 Å². The van der Waals surface area contributed by atoms with Crippen LogP contribution in [0.3, 0.4) is 0 Å². The van der Waals surface area contributed by atoms with Gasteiger partial charge in [0.05, 0.1) is 0 Å². The first-order valence-corrected chi connectivity index (χ1v) is 5.43. The molecule has 0 amide bonds. The molecule has 0 spiro atoms. The third-order valence-corrected chi connectivity index (χ3v) is 2.45. The summed E-state index contributed by atoms with van der Waals surface area (Å²) in [6, 6.07) is 9.97. The third kappa shape index (κ3) is 2.06. The molecule has 0 fully saturated rings. The summed E-state index contributed by atoms with van der Waals surface area (Å²) in [7, 11) is 0. The van der Waals surface area contributed by atoms with E-state index in [2.05, 4.69) is 24.9 Å². The molecule has 2 heterocycles. The first-order chi connectivity index (χ1) is 8.93. The molecule has 5 nitrogen and oxygen atoms in total. The van der Waals surface area contributed by atoms with Gasteiger partial charge in [0, 0.05) is 18.0 Å².